The topological polar surface area (TPSA) is 8.17 Å². The Morgan fingerprint density at radius 3 is 1.43 bits per heavy atom. The molecule has 1 aromatic heterocycles. The van der Waals surface area contributed by atoms with Crippen LogP contribution in [0.15, 0.2) is 194 Å². The summed E-state index contributed by atoms with van der Waals surface area (Å²) < 4.78 is 34.3. The highest BCUT2D eigenvalue weighted by molar-refractivity contribution is 6.25. The SMILES string of the molecule is Fc1ccccc1-c1c2ccccc2c(-c2ccccc2F)c2c(N(c3ccccc3)c3ccc(-n4c5ccccc5c5ccccc54)cc3)cccc12. The van der Waals surface area contributed by atoms with Crippen LogP contribution in [0, 0.1) is 11.6 Å². The normalized spacial score (nSPS) is 11.5. The van der Waals surface area contributed by atoms with Crippen LogP contribution in [0.3, 0.4) is 0 Å². The van der Waals surface area contributed by atoms with Crippen molar-refractivity contribution < 1.29 is 8.78 Å². The van der Waals surface area contributed by atoms with Crippen molar-refractivity contribution in [2.45, 2.75) is 0 Å². The second-order valence-corrected chi connectivity index (χ2v) is 13.5. The van der Waals surface area contributed by atoms with Crippen LogP contribution in [-0.2, 0) is 0 Å². The van der Waals surface area contributed by atoms with E-state index in [0.29, 0.717) is 11.1 Å². The lowest BCUT2D eigenvalue weighted by Crippen LogP contribution is -2.11. The molecule has 9 aromatic carbocycles. The van der Waals surface area contributed by atoms with Crippen LogP contribution in [-0.4, -0.2) is 4.57 Å². The maximum Gasteiger partial charge on any atom is 0.131 e. The first kappa shape index (κ1) is 31.7. The molecular weight excluding hydrogens is 667 g/mol. The Morgan fingerprint density at radius 2 is 0.815 bits per heavy atom. The van der Waals surface area contributed by atoms with Crippen molar-refractivity contribution in [3.05, 3.63) is 206 Å². The molecule has 4 heteroatoms. The Bertz CT molecular complexity index is 2970. The lowest BCUT2D eigenvalue weighted by atomic mass is 9.84. The van der Waals surface area contributed by atoms with Gasteiger partial charge in [0.05, 0.1) is 16.7 Å². The Kier molecular flexibility index (Phi) is 7.55. The van der Waals surface area contributed by atoms with Gasteiger partial charge in [0.15, 0.2) is 0 Å². The third-order valence-electron chi connectivity index (χ3n) is 10.5. The number of anilines is 3. The van der Waals surface area contributed by atoms with Crippen LogP contribution < -0.4 is 4.90 Å². The molecule has 0 atom stereocenters. The molecule has 0 bridgehead atoms. The quantitative estimate of drug-likeness (QED) is 0.157. The molecule has 0 spiro atoms. The molecule has 0 radical (unpaired) electrons. The smallest absolute Gasteiger partial charge is 0.131 e. The number of halogens is 2. The predicted octanol–water partition coefficient (Wildman–Crippen LogP) is 14.2. The van der Waals surface area contributed by atoms with E-state index in [0.717, 1.165) is 66.5 Å². The van der Waals surface area contributed by atoms with Gasteiger partial charge in [-0.3, -0.25) is 0 Å². The molecule has 0 aliphatic heterocycles. The molecule has 54 heavy (non-hydrogen) atoms. The summed E-state index contributed by atoms with van der Waals surface area (Å²) in [6.07, 6.45) is 0. The Balaban J connectivity index is 1.28. The van der Waals surface area contributed by atoms with Crippen molar-refractivity contribution in [2.75, 3.05) is 4.90 Å². The second kappa shape index (κ2) is 12.9. The highest BCUT2D eigenvalue weighted by Crippen LogP contribution is 2.50. The zero-order chi connectivity index (χ0) is 36.2. The van der Waals surface area contributed by atoms with Gasteiger partial charge in [-0.15, -0.1) is 0 Å². The van der Waals surface area contributed by atoms with Gasteiger partial charge in [-0.25, -0.2) is 8.78 Å². The number of hydrogen-bond donors (Lipinski definition) is 0. The molecule has 256 valence electrons. The number of rotatable bonds is 6. The number of fused-ring (bicyclic) bond motifs is 5. The molecular formula is C50H32F2N2. The molecule has 10 rings (SSSR count). The first-order valence-electron chi connectivity index (χ1n) is 18.1. The van der Waals surface area contributed by atoms with Crippen LogP contribution in [0.25, 0.3) is 71.3 Å². The van der Waals surface area contributed by atoms with Gasteiger partial charge in [0.1, 0.15) is 11.6 Å². The monoisotopic (exact) mass is 698 g/mol. The van der Waals surface area contributed by atoms with Crippen molar-refractivity contribution in [1.29, 1.82) is 0 Å². The zero-order valence-electron chi connectivity index (χ0n) is 29.1. The number of para-hydroxylation sites is 3. The highest BCUT2D eigenvalue weighted by Gasteiger charge is 2.25. The third-order valence-corrected chi connectivity index (χ3v) is 10.5. The van der Waals surface area contributed by atoms with Crippen molar-refractivity contribution in [2.24, 2.45) is 0 Å². The van der Waals surface area contributed by atoms with Crippen molar-refractivity contribution in [3.63, 3.8) is 0 Å². The summed E-state index contributed by atoms with van der Waals surface area (Å²) in [4.78, 5) is 2.22. The molecule has 0 aliphatic carbocycles. The summed E-state index contributed by atoms with van der Waals surface area (Å²) in [5.74, 6) is -0.632. The fourth-order valence-electron chi connectivity index (χ4n) is 8.25. The maximum absolute atomic E-state index is 16.1. The summed E-state index contributed by atoms with van der Waals surface area (Å²) in [5, 5.41) is 5.77. The van der Waals surface area contributed by atoms with E-state index in [2.05, 4.69) is 100 Å². The van der Waals surface area contributed by atoms with E-state index in [1.807, 2.05) is 78.9 Å². The molecule has 0 unspecified atom stereocenters. The van der Waals surface area contributed by atoms with Crippen LogP contribution in [0.1, 0.15) is 0 Å². The van der Waals surface area contributed by atoms with Crippen molar-refractivity contribution in [1.82, 2.24) is 4.57 Å². The van der Waals surface area contributed by atoms with E-state index in [9.17, 15) is 0 Å². The average molecular weight is 699 g/mol. The maximum atomic E-state index is 16.1. The fraction of sp³-hybridized carbons (Fsp3) is 0. The van der Waals surface area contributed by atoms with Gasteiger partial charge in [-0.2, -0.15) is 0 Å². The van der Waals surface area contributed by atoms with Crippen LogP contribution >= 0.6 is 0 Å². The van der Waals surface area contributed by atoms with E-state index in [-0.39, 0.29) is 11.6 Å². The van der Waals surface area contributed by atoms with Gasteiger partial charge in [-0.1, -0.05) is 127 Å². The minimum atomic E-state index is -0.320. The lowest BCUT2D eigenvalue weighted by molar-refractivity contribution is 0.631. The predicted molar refractivity (Wildman–Crippen MR) is 221 cm³/mol. The third kappa shape index (κ3) is 4.99. The highest BCUT2D eigenvalue weighted by atomic mass is 19.1. The van der Waals surface area contributed by atoms with Gasteiger partial charge >= 0.3 is 0 Å². The van der Waals surface area contributed by atoms with E-state index in [1.165, 1.54) is 22.9 Å². The van der Waals surface area contributed by atoms with E-state index < -0.39 is 0 Å². The van der Waals surface area contributed by atoms with Crippen LogP contribution in [0.5, 0.6) is 0 Å². The van der Waals surface area contributed by atoms with Crippen molar-refractivity contribution in [3.8, 4) is 27.9 Å². The molecule has 1 heterocycles. The van der Waals surface area contributed by atoms with E-state index in [4.69, 9.17) is 0 Å². The number of aromatic nitrogens is 1. The molecule has 0 saturated heterocycles. The summed E-state index contributed by atoms with van der Waals surface area (Å²) in [5.41, 5.74) is 8.57. The summed E-state index contributed by atoms with van der Waals surface area (Å²) in [7, 11) is 0. The lowest BCUT2D eigenvalue weighted by Gasteiger charge is -2.29. The van der Waals surface area contributed by atoms with Gasteiger partial charge < -0.3 is 9.47 Å². The van der Waals surface area contributed by atoms with Gasteiger partial charge in [0, 0.05) is 55.5 Å². The molecule has 0 N–H and O–H groups in total. The fourth-order valence-corrected chi connectivity index (χ4v) is 8.25. The molecule has 0 aliphatic rings. The van der Waals surface area contributed by atoms with Gasteiger partial charge in [0.2, 0.25) is 0 Å². The van der Waals surface area contributed by atoms with E-state index >= 15 is 8.78 Å². The van der Waals surface area contributed by atoms with Crippen LogP contribution in [0.2, 0.25) is 0 Å². The minimum Gasteiger partial charge on any atom is -0.310 e. The van der Waals surface area contributed by atoms with Gasteiger partial charge in [0.25, 0.3) is 0 Å². The summed E-state index contributed by atoms with van der Waals surface area (Å²) in [6, 6.07) is 63.8. The van der Waals surface area contributed by atoms with Gasteiger partial charge in [-0.05, 0) is 82.9 Å². The van der Waals surface area contributed by atoms with Crippen molar-refractivity contribution >= 4 is 60.4 Å². The largest absolute Gasteiger partial charge is 0.310 e. The Morgan fingerprint density at radius 1 is 0.352 bits per heavy atom. The molecule has 0 amide bonds. The first-order valence-corrected chi connectivity index (χ1v) is 18.1. The number of benzene rings is 9. The average Bonchev–Trinajstić information content (AvgIpc) is 3.56. The standard InChI is InChI=1S/C50H32F2N2/c51-43-24-10-6-21-40(43)48-38-19-4-5-20-39(38)49(41-22-7-11-25-44(41)52)50-42(48)23-14-28-47(50)53(33-15-2-1-3-16-33)34-29-31-35(32-30-34)54-45-26-12-8-17-36(45)37-18-9-13-27-46(37)54/h1-32H. The Hall–Kier alpha value is -7.04. The van der Waals surface area contributed by atoms with Crippen LogP contribution in [0.4, 0.5) is 25.8 Å². The molecule has 0 saturated carbocycles. The zero-order valence-corrected chi connectivity index (χ0v) is 29.1. The minimum absolute atomic E-state index is 0.312. The molecule has 0 fully saturated rings. The Labute approximate surface area is 311 Å². The molecule has 10 aromatic rings. The summed E-state index contributed by atoms with van der Waals surface area (Å²) >= 11 is 0. The molecule has 2 nitrogen and oxygen atoms in total. The first-order chi connectivity index (χ1) is 26.7. The summed E-state index contributed by atoms with van der Waals surface area (Å²) in [6.45, 7) is 0. The number of nitrogens with zero attached hydrogens (tertiary/aromatic N) is 2. The van der Waals surface area contributed by atoms with E-state index in [1.54, 1.807) is 12.1 Å². The second-order valence-electron chi connectivity index (χ2n) is 13.5. The number of hydrogen-bond acceptors (Lipinski definition) is 1.